The second-order valence-corrected chi connectivity index (χ2v) is 6.79. The second-order valence-electron chi connectivity index (χ2n) is 6.79. The largest absolute Gasteiger partial charge is 0.445 e. The van der Waals surface area contributed by atoms with Gasteiger partial charge >= 0.3 is 6.09 Å². The summed E-state index contributed by atoms with van der Waals surface area (Å²) in [6, 6.07) is 9.65. The lowest BCUT2D eigenvalue weighted by molar-refractivity contribution is 0.0856. The number of ether oxygens (including phenoxy) is 1. The van der Waals surface area contributed by atoms with E-state index in [1.807, 2.05) is 34.9 Å². The van der Waals surface area contributed by atoms with Gasteiger partial charge in [-0.25, -0.2) is 9.78 Å². The Kier molecular flexibility index (Phi) is 5.38. The summed E-state index contributed by atoms with van der Waals surface area (Å²) >= 11 is 0. The maximum atomic E-state index is 12.3. The van der Waals surface area contributed by atoms with E-state index in [0.29, 0.717) is 25.6 Å². The molecule has 0 spiro atoms. The van der Waals surface area contributed by atoms with E-state index in [-0.39, 0.29) is 19.3 Å². The Morgan fingerprint density at radius 2 is 2.04 bits per heavy atom. The normalized spacial score (nSPS) is 13.8. The van der Waals surface area contributed by atoms with Crippen LogP contribution >= 0.6 is 0 Å². The average Bonchev–Trinajstić information content (AvgIpc) is 2.95. The number of benzene rings is 1. The lowest BCUT2D eigenvalue weighted by Gasteiger charge is -2.27. The highest BCUT2D eigenvalue weighted by atomic mass is 16.6. The van der Waals surface area contributed by atoms with Crippen LogP contribution in [-0.4, -0.2) is 32.2 Å². The first-order valence-corrected chi connectivity index (χ1v) is 8.72. The summed E-state index contributed by atoms with van der Waals surface area (Å²) < 4.78 is 7.45. The van der Waals surface area contributed by atoms with Gasteiger partial charge in [0, 0.05) is 13.1 Å². The zero-order valence-electron chi connectivity index (χ0n) is 14.8. The maximum absolute atomic E-state index is 12.3. The van der Waals surface area contributed by atoms with Crippen molar-refractivity contribution in [3.8, 4) is 0 Å². The molecule has 1 aliphatic rings. The van der Waals surface area contributed by atoms with E-state index in [0.717, 1.165) is 29.2 Å². The standard InChI is InChI=1S/C19H25N3O3/c1-14(2)10-16-17(12-23)22-9-8-21(11-18(22)20-16)19(24)25-13-15-6-4-3-5-7-15/h3-7,14,23H,8-13H2,1-2H3. The molecule has 25 heavy (non-hydrogen) atoms. The molecule has 0 unspecified atom stereocenters. The molecule has 1 N–H and O–H groups in total. The molecule has 1 aromatic heterocycles. The third kappa shape index (κ3) is 4.02. The van der Waals surface area contributed by atoms with Crippen molar-refractivity contribution in [1.29, 1.82) is 0 Å². The topological polar surface area (TPSA) is 67.6 Å². The predicted molar refractivity (Wildman–Crippen MR) is 93.7 cm³/mol. The summed E-state index contributed by atoms with van der Waals surface area (Å²) in [5, 5.41) is 9.70. The first-order chi connectivity index (χ1) is 12.1. The molecule has 0 bridgehead atoms. The van der Waals surface area contributed by atoms with Gasteiger partial charge < -0.3 is 14.4 Å². The molecule has 1 aromatic carbocycles. The first-order valence-electron chi connectivity index (χ1n) is 8.72. The number of rotatable bonds is 5. The van der Waals surface area contributed by atoms with Gasteiger partial charge in [0.2, 0.25) is 0 Å². The summed E-state index contributed by atoms with van der Waals surface area (Å²) in [5.41, 5.74) is 2.78. The van der Waals surface area contributed by atoms with Gasteiger partial charge in [-0.05, 0) is 17.9 Å². The van der Waals surface area contributed by atoms with Crippen molar-refractivity contribution in [2.45, 2.75) is 46.6 Å². The van der Waals surface area contributed by atoms with Crippen molar-refractivity contribution in [2.24, 2.45) is 5.92 Å². The lowest BCUT2D eigenvalue weighted by atomic mass is 10.1. The number of aliphatic hydroxyl groups is 1. The van der Waals surface area contributed by atoms with Crippen LogP contribution in [0.3, 0.4) is 0 Å². The third-order valence-electron chi connectivity index (χ3n) is 4.38. The van der Waals surface area contributed by atoms with E-state index >= 15 is 0 Å². The average molecular weight is 343 g/mol. The van der Waals surface area contributed by atoms with Crippen LogP contribution in [0.4, 0.5) is 4.79 Å². The minimum Gasteiger partial charge on any atom is -0.445 e. The first kappa shape index (κ1) is 17.5. The zero-order valence-corrected chi connectivity index (χ0v) is 14.8. The highest BCUT2D eigenvalue weighted by molar-refractivity contribution is 5.67. The molecule has 2 heterocycles. The summed E-state index contributed by atoms with van der Waals surface area (Å²) in [7, 11) is 0. The van der Waals surface area contributed by atoms with Crippen molar-refractivity contribution in [3.05, 3.63) is 53.1 Å². The number of hydrogen-bond acceptors (Lipinski definition) is 4. The van der Waals surface area contributed by atoms with Gasteiger partial charge in [-0.2, -0.15) is 0 Å². The number of aromatic nitrogens is 2. The van der Waals surface area contributed by atoms with Gasteiger partial charge in [0.25, 0.3) is 0 Å². The van der Waals surface area contributed by atoms with Crippen molar-refractivity contribution >= 4 is 6.09 Å². The number of amides is 1. The molecule has 1 aliphatic heterocycles. The molecule has 1 amide bonds. The van der Waals surface area contributed by atoms with Crippen LogP contribution in [0.25, 0.3) is 0 Å². The number of carbonyl (C=O) groups is 1. The van der Waals surface area contributed by atoms with Crippen molar-refractivity contribution in [2.75, 3.05) is 6.54 Å². The predicted octanol–water partition coefficient (Wildman–Crippen LogP) is 2.73. The molecule has 0 radical (unpaired) electrons. The number of hydrogen-bond donors (Lipinski definition) is 1. The molecule has 0 saturated carbocycles. The summed E-state index contributed by atoms with van der Waals surface area (Å²) in [5.74, 6) is 1.29. The molecular formula is C19H25N3O3. The second kappa shape index (κ2) is 7.70. The molecule has 0 fully saturated rings. The van der Waals surface area contributed by atoms with Gasteiger partial charge in [-0.1, -0.05) is 44.2 Å². The van der Waals surface area contributed by atoms with Crippen molar-refractivity contribution < 1.29 is 14.6 Å². The van der Waals surface area contributed by atoms with E-state index in [9.17, 15) is 9.90 Å². The molecular weight excluding hydrogens is 318 g/mol. The van der Waals surface area contributed by atoms with Crippen LogP contribution in [0.1, 0.15) is 36.6 Å². The van der Waals surface area contributed by atoms with E-state index in [1.165, 1.54) is 0 Å². The number of nitrogens with zero attached hydrogens (tertiary/aromatic N) is 3. The Morgan fingerprint density at radius 3 is 2.72 bits per heavy atom. The van der Waals surface area contributed by atoms with Crippen LogP contribution in [0.2, 0.25) is 0 Å². The number of aliphatic hydroxyl groups excluding tert-OH is 1. The van der Waals surface area contributed by atoms with Gasteiger partial charge in [0.1, 0.15) is 12.4 Å². The summed E-state index contributed by atoms with van der Waals surface area (Å²) in [6.45, 7) is 6.12. The maximum Gasteiger partial charge on any atom is 0.410 e. The minimum absolute atomic E-state index is 0.0203. The number of carbonyl (C=O) groups excluding carboxylic acids is 1. The monoisotopic (exact) mass is 343 g/mol. The third-order valence-corrected chi connectivity index (χ3v) is 4.38. The molecule has 6 nitrogen and oxygen atoms in total. The highest BCUT2D eigenvalue weighted by Crippen LogP contribution is 2.21. The Hall–Kier alpha value is -2.34. The smallest absolute Gasteiger partial charge is 0.410 e. The Balaban J connectivity index is 1.66. The van der Waals surface area contributed by atoms with Gasteiger partial charge in [-0.3, -0.25) is 4.90 Å². The van der Waals surface area contributed by atoms with E-state index in [1.54, 1.807) is 4.90 Å². The minimum atomic E-state index is -0.325. The lowest BCUT2D eigenvalue weighted by Crippen LogP contribution is -2.39. The zero-order chi connectivity index (χ0) is 17.8. The van der Waals surface area contributed by atoms with Gasteiger partial charge in [0.15, 0.2) is 0 Å². The SMILES string of the molecule is CC(C)Cc1nc2n(c1CO)CCN(C(=O)OCc1ccccc1)C2. The van der Waals surface area contributed by atoms with Crippen molar-refractivity contribution in [1.82, 2.24) is 14.5 Å². The van der Waals surface area contributed by atoms with E-state index in [2.05, 4.69) is 18.8 Å². The molecule has 0 atom stereocenters. The molecule has 3 rings (SSSR count). The molecule has 2 aromatic rings. The van der Waals surface area contributed by atoms with Crippen LogP contribution in [0, 0.1) is 5.92 Å². The van der Waals surface area contributed by atoms with Gasteiger partial charge in [-0.15, -0.1) is 0 Å². The van der Waals surface area contributed by atoms with Gasteiger partial charge in [0.05, 0.1) is 24.5 Å². The fourth-order valence-electron chi connectivity index (χ4n) is 3.14. The fraction of sp³-hybridized carbons (Fsp3) is 0.474. The number of imidazole rings is 1. The van der Waals surface area contributed by atoms with E-state index in [4.69, 9.17) is 4.74 Å². The molecule has 0 saturated heterocycles. The summed E-state index contributed by atoms with van der Waals surface area (Å²) in [4.78, 5) is 18.7. The van der Waals surface area contributed by atoms with Crippen LogP contribution in [0.5, 0.6) is 0 Å². The Labute approximate surface area is 148 Å². The highest BCUT2D eigenvalue weighted by Gasteiger charge is 2.26. The molecule has 6 heteroatoms. The molecule has 134 valence electrons. The molecule has 0 aliphatic carbocycles. The fourth-order valence-corrected chi connectivity index (χ4v) is 3.14. The van der Waals surface area contributed by atoms with Crippen LogP contribution < -0.4 is 0 Å². The quantitative estimate of drug-likeness (QED) is 0.906. The Bertz CT molecular complexity index is 725. The van der Waals surface area contributed by atoms with E-state index < -0.39 is 0 Å². The Morgan fingerprint density at radius 1 is 1.28 bits per heavy atom. The van der Waals surface area contributed by atoms with Crippen LogP contribution in [-0.2, 0) is 37.5 Å². The van der Waals surface area contributed by atoms with Crippen molar-refractivity contribution in [3.63, 3.8) is 0 Å². The van der Waals surface area contributed by atoms with Crippen LogP contribution in [0.15, 0.2) is 30.3 Å². The summed E-state index contributed by atoms with van der Waals surface area (Å²) in [6.07, 6.45) is 0.503. The number of fused-ring (bicyclic) bond motifs is 1.